The topological polar surface area (TPSA) is 106 Å². The Morgan fingerprint density at radius 2 is 1.86 bits per heavy atom. The molecule has 1 aliphatic heterocycles. The Hall–Kier alpha value is -4.90. The SMILES string of the molecule is COc1cccc(-n2nc(C(=O)C(C#N)C(=O)Nc3ccccc3)c3c2-c2ccccc2OC3)c1. The van der Waals surface area contributed by atoms with Crippen molar-refractivity contribution in [3.63, 3.8) is 0 Å². The van der Waals surface area contributed by atoms with E-state index in [0.717, 1.165) is 5.56 Å². The molecular weight excluding hydrogens is 444 g/mol. The zero-order chi connectivity index (χ0) is 24.4. The number of hydrogen-bond acceptors (Lipinski definition) is 6. The van der Waals surface area contributed by atoms with Crippen molar-refractivity contribution in [3.8, 4) is 34.5 Å². The molecule has 1 amide bonds. The number of ether oxygens (including phenoxy) is 2. The molecule has 8 nitrogen and oxygen atoms in total. The number of carbonyl (C=O) groups excluding carboxylic acids is 2. The van der Waals surface area contributed by atoms with Gasteiger partial charge >= 0.3 is 0 Å². The maximum atomic E-state index is 13.5. The second-order valence-electron chi connectivity index (χ2n) is 7.86. The quantitative estimate of drug-likeness (QED) is 0.335. The van der Waals surface area contributed by atoms with Gasteiger partial charge in [-0.2, -0.15) is 10.4 Å². The molecule has 35 heavy (non-hydrogen) atoms. The molecule has 4 aromatic rings. The first-order valence-electron chi connectivity index (χ1n) is 10.9. The summed E-state index contributed by atoms with van der Waals surface area (Å²) >= 11 is 0. The fourth-order valence-corrected chi connectivity index (χ4v) is 4.04. The molecule has 0 aliphatic carbocycles. The van der Waals surface area contributed by atoms with Crippen LogP contribution in [0.3, 0.4) is 0 Å². The highest BCUT2D eigenvalue weighted by atomic mass is 16.5. The number of nitrogens with zero attached hydrogens (tertiary/aromatic N) is 3. The molecule has 1 unspecified atom stereocenters. The van der Waals surface area contributed by atoms with Gasteiger partial charge in [0.25, 0.3) is 0 Å². The Labute approximate surface area is 201 Å². The van der Waals surface area contributed by atoms with Gasteiger partial charge in [0.05, 0.1) is 24.6 Å². The number of methoxy groups -OCH3 is 1. The highest BCUT2D eigenvalue weighted by Crippen LogP contribution is 2.40. The molecule has 1 N–H and O–H groups in total. The number of hydrogen-bond donors (Lipinski definition) is 1. The Bertz CT molecular complexity index is 1470. The molecule has 2 heterocycles. The van der Waals surface area contributed by atoms with E-state index in [4.69, 9.17) is 9.47 Å². The molecule has 172 valence electrons. The normalized spacial score (nSPS) is 12.3. The summed E-state index contributed by atoms with van der Waals surface area (Å²) in [6.07, 6.45) is 0. The zero-order valence-electron chi connectivity index (χ0n) is 18.8. The van der Waals surface area contributed by atoms with Gasteiger partial charge in [-0.05, 0) is 36.4 Å². The van der Waals surface area contributed by atoms with E-state index in [-0.39, 0.29) is 12.3 Å². The lowest BCUT2D eigenvalue weighted by Gasteiger charge is -2.19. The van der Waals surface area contributed by atoms with E-state index in [1.54, 1.807) is 48.2 Å². The average molecular weight is 464 g/mol. The van der Waals surface area contributed by atoms with Crippen LogP contribution in [0.25, 0.3) is 16.9 Å². The van der Waals surface area contributed by atoms with Crippen LogP contribution in [0.15, 0.2) is 78.9 Å². The lowest BCUT2D eigenvalue weighted by atomic mass is 9.96. The highest BCUT2D eigenvalue weighted by molar-refractivity contribution is 6.15. The number of nitriles is 1. The van der Waals surface area contributed by atoms with Crippen molar-refractivity contribution in [2.24, 2.45) is 5.92 Å². The van der Waals surface area contributed by atoms with Gasteiger partial charge in [0.1, 0.15) is 23.8 Å². The second-order valence-corrected chi connectivity index (χ2v) is 7.86. The summed E-state index contributed by atoms with van der Waals surface area (Å²) in [4.78, 5) is 26.4. The third-order valence-electron chi connectivity index (χ3n) is 5.72. The molecule has 0 saturated carbocycles. The molecule has 8 heteroatoms. The van der Waals surface area contributed by atoms with E-state index in [1.807, 2.05) is 48.5 Å². The van der Waals surface area contributed by atoms with Crippen molar-refractivity contribution in [2.45, 2.75) is 6.61 Å². The van der Waals surface area contributed by atoms with Crippen molar-refractivity contribution in [1.82, 2.24) is 9.78 Å². The minimum absolute atomic E-state index is 0.0204. The maximum absolute atomic E-state index is 13.5. The fraction of sp³-hybridized carbons (Fsp3) is 0.111. The number of amides is 1. The Balaban J connectivity index is 1.61. The first kappa shape index (κ1) is 21.9. The Kier molecular flexibility index (Phi) is 5.73. The Morgan fingerprint density at radius 1 is 1.09 bits per heavy atom. The molecule has 1 atom stereocenters. The molecule has 5 rings (SSSR count). The van der Waals surface area contributed by atoms with E-state index < -0.39 is 17.6 Å². The van der Waals surface area contributed by atoms with Crippen molar-refractivity contribution in [2.75, 3.05) is 12.4 Å². The molecule has 1 aliphatic rings. The minimum Gasteiger partial charge on any atom is -0.497 e. The van der Waals surface area contributed by atoms with Crippen LogP contribution in [0.4, 0.5) is 5.69 Å². The molecule has 1 aromatic heterocycles. The smallest absolute Gasteiger partial charge is 0.249 e. The first-order chi connectivity index (χ1) is 17.1. The van der Waals surface area contributed by atoms with Crippen LogP contribution in [-0.4, -0.2) is 28.6 Å². The number of rotatable bonds is 6. The molecule has 0 spiro atoms. The molecule has 0 saturated heterocycles. The third-order valence-corrected chi connectivity index (χ3v) is 5.72. The van der Waals surface area contributed by atoms with E-state index >= 15 is 0 Å². The summed E-state index contributed by atoms with van der Waals surface area (Å²) in [6.45, 7) is 0.0792. The van der Waals surface area contributed by atoms with Crippen molar-refractivity contribution in [1.29, 1.82) is 5.26 Å². The predicted octanol–water partition coefficient (Wildman–Crippen LogP) is 4.40. The number of anilines is 1. The van der Waals surface area contributed by atoms with Crippen LogP contribution in [0, 0.1) is 17.2 Å². The number of para-hydroxylation sites is 2. The zero-order valence-corrected chi connectivity index (χ0v) is 18.8. The van der Waals surface area contributed by atoms with Crippen LogP contribution in [0.1, 0.15) is 16.1 Å². The molecule has 0 bridgehead atoms. The molecule has 3 aromatic carbocycles. The lowest BCUT2D eigenvalue weighted by molar-refractivity contribution is -0.117. The summed E-state index contributed by atoms with van der Waals surface area (Å²) < 4.78 is 12.9. The molecular formula is C27H20N4O4. The number of carbonyl (C=O) groups is 2. The van der Waals surface area contributed by atoms with Crippen molar-refractivity contribution in [3.05, 3.63) is 90.1 Å². The average Bonchev–Trinajstić information content (AvgIpc) is 3.30. The van der Waals surface area contributed by atoms with Crippen molar-refractivity contribution >= 4 is 17.4 Å². The largest absolute Gasteiger partial charge is 0.497 e. The summed E-state index contributed by atoms with van der Waals surface area (Å²) in [5.74, 6) is -1.71. The second kappa shape index (κ2) is 9.15. The van der Waals surface area contributed by atoms with Gasteiger partial charge in [0, 0.05) is 22.9 Å². The summed E-state index contributed by atoms with van der Waals surface area (Å²) in [5, 5.41) is 17.0. The van der Waals surface area contributed by atoms with E-state index in [0.29, 0.717) is 34.1 Å². The van der Waals surface area contributed by atoms with E-state index in [1.165, 1.54) is 0 Å². The van der Waals surface area contributed by atoms with Crippen LogP contribution in [-0.2, 0) is 11.4 Å². The van der Waals surface area contributed by atoms with E-state index in [9.17, 15) is 14.9 Å². The summed E-state index contributed by atoms with van der Waals surface area (Å²) in [6, 6.07) is 25.2. The molecule has 0 radical (unpaired) electrons. The van der Waals surface area contributed by atoms with Gasteiger partial charge in [0.2, 0.25) is 11.7 Å². The monoisotopic (exact) mass is 464 g/mol. The van der Waals surface area contributed by atoms with E-state index in [2.05, 4.69) is 10.4 Å². The minimum atomic E-state index is -1.58. The maximum Gasteiger partial charge on any atom is 0.249 e. The standard InChI is InChI=1S/C27H20N4O4/c1-34-19-11-7-10-18(14-19)31-25-20-12-5-6-13-23(20)35-16-22(25)24(30-31)26(32)21(15-28)27(33)29-17-8-3-2-4-9-17/h2-14,21H,16H2,1H3,(H,29,33). The van der Waals surface area contributed by atoms with Gasteiger partial charge < -0.3 is 14.8 Å². The van der Waals surface area contributed by atoms with Gasteiger partial charge in [0.15, 0.2) is 5.92 Å². The predicted molar refractivity (Wildman–Crippen MR) is 128 cm³/mol. The van der Waals surface area contributed by atoms with Crippen LogP contribution >= 0.6 is 0 Å². The number of aromatic nitrogens is 2. The number of nitrogens with one attached hydrogen (secondary N) is 1. The number of benzene rings is 3. The highest BCUT2D eigenvalue weighted by Gasteiger charge is 2.36. The summed E-state index contributed by atoms with van der Waals surface area (Å²) in [5.41, 5.74) is 3.12. The summed E-state index contributed by atoms with van der Waals surface area (Å²) in [7, 11) is 1.57. The lowest BCUT2D eigenvalue weighted by Crippen LogP contribution is -2.29. The van der Waals surface area contributed by atoms with Crippen LogP contribution < -0.4 is 14.8 Å². The van der Waals surface area contributed by atoms with Crippen LogP contribution in [0.5, 0.6) is 11.5 Å². The van der Waals surface area contributed by atoms with Gasteiger partial charge in [-0.15, -0.1) is 0 Å². The number of fused-ring (bicyclic) bond motifs is 3. The number of Topliss-reactive ketones (excluding diaryl/α,β-unsaturated/α-hetero) is 1. The van der Waals surface area contributed by atoms with Gasteiger partial charge in [-0.25, -0.2) is 4.68 Å². The molecule has 0 fully saturated rings. The number of ketones is 1. The van der Waals surface area contributed by atoms with Gasteiger partial charge in [-0.1, -0.05) is 36.4 Å². The first-order valence-corrected chi connectivity index (χ1v) is 10.9. The fourth-order valence-electron chi connectivity index (χ4n) is 4.04. The van der Waals surface area contributed by atoms with Gasteiger partial charge in [-0.3, -0.25) is 9.59 Å². The van der Waals surface area contributed by atoms with Crippen LogP contribution in [0.2, 0.25) is 0 Å². The Morgan fingerprint density at radius 3 is 2.63 bits per heavy atom. The van der Waals surface area contributed by atoms with Crippen molar-refractivity contribution < 1.29 is 19.1 Å². The third kappa shape index (κ3) is 4.00.